The van der Waals surface area contributed by atoms with Crippen LogP contribution in [0.3, 0.4) is 0 Å². The summed E-state index contributed by atoms with van der Waals surface area (Å²) in [6.45, 7) is 14.9. The molecule has 4 aromatic carbocycles. The van der Waals surface area contributed by atoms with E-state index >= 15 is 0 Å². The minimum atomic E-state index is -0.284. The van der Waals surface area contributed by atoms with Crippen LogP contribution in [0.5, 0.6) is 0 Å². The molecule has 1 heterocycles. The summed E-state index contributed by atoms with van der Waals surface area (Å²) in [7, 11) is 2.11. The summed E-state index contributed by atoms with van der Waals surface area (Å²) < 4.78 is 2.20. The number of hydrogen-bond donors (Lipinski definition) is 0. The average molecular weight is 478 g/mol. The van der Waals surface area contributed by atoms with Crippen molar-refractivity contribution >= 4 is 5.69 Å². The highest BCUT2D eigenvalue weighted by molar-refractivity contribution is 5.97. The van der Waals surface area contributed by atoms with Crippen LogP contribution >= 0.6 is 0 Å². The maximum Gasteiger partial charge on any atom is 0.212 e. The zero-order valence-corrected chi connectivity index (χ0v) is 21.7. The zero-order chi connectivity index (χ0) is 25.7. The maximum absolute atomic E-state index is 8.07. The highest BCUT2D eigenvalue weighted by Crippen LogP contribution is 2.57. The maximum atomic E-state index is 8.07. The smallest absolute Gasteiger partial charge is 0.212 e. The molecule has 1 aromatic heterocycles. The lowest BCUT2D eigenvalue weighted by Crippen LogP contribution is -2.31. The summed E-state index contributed by atoms with van der Waals surface area (Å²) >= 11 is 0. The normalized spacial score (nSPS) is 13.1. The SMILES string of the molecule is [C-]#[N+]c1ccc2c(c1-c1cccc(-c3ccccc3)c1)C(C)(C)c1c-2ccc(C)c1-c1cccc[n+]1C. The van der Waals surface area contributed by atoms with Crippen molar-refractivity contribution < 1.29 is 4.57 Å². The average Bonchev–Trinajstić information content (AvgIpc) is 3.16. The lowest BCUT2D eigenvalue weighted by Gasteiger charge is -2.27. The molecule has 37 heavy (non-hydrogen) atoms. The van der Waals surface area contributed by atoms with Crippen molar-refractivity contribution in [2.24, 2.45) is 7.05 Å². The molecule has 0 atom stereocenters. The molecule has 5 aromatic rings. The first-order chi connectivity index (χ1) is 17.9. The second-order valence-corrected chi connectivity index (χ2v) is 10.4. The standard InChI is InChI=1S/C35H29N2/c1-23-17-18-27-28-19-20-29(36-4)32(26-15-11-14-25(22-26)24-12-7-6-8-13-24)34(28)35(2,3)33(27)31(23)30-16-9-10-21-37(30)5/h6-22H,1-3,5H3/q+1. The fourth-order valence-electron chi connectivity index (χ4n) is 6.15. The van der Waals surface area contributed by atoms with Crippen LogP contribution in [0.4, 0.5) is 5.69 Å². The van der Waals surface area contributed by atoms with Crippen LogP contribution in [0.1, 0.15) is 30.5 Å². The molecule has 178 valence electrons. The molecule has 6 rings (SSSR count). The number of benzene rings is 4. The number of nitrogens with zero attached hydrogens (tertiary/aromatic N) is 2. The Bertz CT molecular complexity index is 1720. The van der Waals surface area contributed by atoms with Gasteiger partial charge in [-0.05, 0) is 69.1 Å². The second-order valence-electron chi connectivity index (χ2n) is 10.4. The van der Waals surface area contributed by atoms with Gasteiger partial charge in [-0.25, -0.2) is 9.41 Å². The van der Waals surface area contributed by atoms with Gasteiger partial charge >= 0.3 is 0 Å². The van der Waals surface area contributed by atoms with Crippen LogP contribution < -0.4 is 4.57 Å². The topological polar surface area (TPSA) is 8.24 Å². The quantitative estimate of drug-likeness (QED) is 0.181. The summed E-state index contributed by atoms with van der Waals surface area (Å²) in [6, 6.07) is 34.2. The van der Waals surface area contributed by atoms with Crippen molar-refractivity contribution in [1.29, 1.82) is 0 Å². The highest BCUT2D eigenvalue weighted by atomic mass is 14.9. The Morgan fingerprint density at radius 3 is 2.05 bits per heavy atom. The molecular weight excluding hydrogens is 448 g/mol. The van der Waals surface area contributed by atoms with E-state index in [0.717, 1.165) is 16.7 Å². The van der Waals surface area contributed by atoms with Crippen LogP contribution in [-0.2, 0) is 12.5 Å². The molecule has 0 fully saturated rings. The molecule has 0 spiro atoms. The van der Waals surface area contributed by atoms with Gasteiger partial charge in [0.1, 0.15) is 7.05 Å². The van der Waals surface area contributed by atoms with Crippen molar-refractivity contribution in [3.8, 4) is 44.6 Å². The number of aryl methyl sites for hydroxylation is 2. The molecule has 2 heteroatoms. The van der Waals surface area contributed by atoms with Crippen molar-refractivity contribution in [3.05, 3.63) is 131 Å². The van der Waals surface area contributed by atoms with Gasteiger partial charge in [-0.1, -0.05) is 86.6 Å². The van der Waals surface area contributed by atoms with Gasteiger partial charge in [0.25, 0.3) is 0 Å². The minimum absolute atomic E-state index is 0.284. The van der Waals surface area contributed by atoms with Crippen LogP contribution in [-0.4, -0.2) is 0 Å². The predicted octanol–water partition coefficient (Wildman–Crippen LogP) is 8.68. The third-order valence-corrected chi connectivity index (χ3v) is 7.83. The molecule has 1 aliphatic carbocycles. The number of rotatable bonds is 3. The van der Waals surface area contributed by atoms with E-state index in [9.17, 15) is 0 Å². The van der Waals surface area contributed by atoms with Crippen LogP contribution in [0, 0.1) is 13.5 Å². The first-order valence-electron chi connectivity index (χ1n) is 12.7. The summed E-state index contributed by atoms with van der Waals surface area (Å²) in [6.07, 6.45) is 2.11. The molecule has 0 unspecified atom stereocenters. The zero-order valence-electron chi connectivity index (χ0n) is 21.7. The van der Waals surface area contributed by atoms with Gasteiger partial charge in [0.05, 0.1) is 12.1 Å². The van der Waals surface area contributed by atoms with E-state index in [1.165, 1.54) is 44.6 Å². The molecular formula is C35H29N2+. The van der Waals surface area contributed by atoms with Gasteiger partial charge in [0.15, 0.2) is 11.9 Å². The lowest BCUT2D eigenvalue weighted by molar-refractivity contribution is -0.660. The Morgan fingerprint density at radius 1 is 0.676 bits per heavy atom. The Hall–Kier alpha value is -4.48. The van der Waals surface area contributed by atoms with E-state index in [2.05, 4.69) is 128 Å². The molecule has 1 aliphatic rings. The Labute approximate surface area is 219 Å². The molecule has 0 N–H and O–H groups in total. The largest absolute Gasteiger partial charge is 0.238 e. The number of pyridine rings is 1. The molecule has 0 radical (unpaired) electrons. The number of hydrogen-bond acceptors (Lipinski definition) is 0. The fourth-order valence-corrected chi connectivity index (χ4v) is 6.15. The van der Waals surface area contributed by atoms with Crippen molar-refractivity contribution in [1.82, 2.24) is 0 Å². The van der Waals surface area contributed by atoms with E-state index in [-0.39, 0.29) is 5.41 Å². The van der Waals surface area contributed by atoms with Gasteiger partial charge in [-0.15, -0.1) is 0 Å². The Morgan fingerprint density at radius 2 is 1.32 bits per heavy atom. The van der Waals surface area contributed by atoms with Crippen molar-refractivity contribution in [2.75, 3.05) is 0 Å². The molecule has 0 saturated carbocycles. The van der Waals surface area contributed by atoms with Crippen molar-refractivity contribution in [2.45, 2.75) is 26.2 Å². The highest BCUT2D eigenvalue weighted by Gasteiger charge is 2.42. The van der Waals surface area contributed by atoms with E-state index in [4.69, 9.17) is 6.57 Å². The molecule has 0 amide bonds. The van der Waals surface area contributed by atoms with E-state index in [0.29, 0.717) is 5.69 Å². The van der Waals surface area contributed by atoms with Crippen LogP contribution in [0.15, 0.2) is 103 Å². The van der Waals surface area contributed by atoms with E-state index in [1.807, 2.05) is 12.1 Å². The Balaban J connectivity index is 1.64. The summed E-state index contributed by atoms with van der Waals surface area (Å²) in [5, 5.41) is 0. The van der Waals surface area contributed by atoms with Gasteiger partial charge in [0, 0.05) is 17.5 Å². The molecule has 0 aliphatic heterocycles. The van der Waals surface area contributed by atoms with Gasteiger partial charge < -0.3 is 0 Å². The van der Waals surface area contributed by atoms with Gasteiger partial charge in [-0.2, -0.15) is 0 Å². The summed E-state index contributed by atoms with van der Waals surface area (Å²) in [5.74, 6) is 0. The molecule has 0 saturated heterocycles. The second kappa shape index (κ2) is 8.57. The Kier molecular flexibility index (Phi) is 5.32. The first-order valence-corrected chi connectivity index (χ1v) is 12.7. The summed E-state index contributed by atoms with van der Waals surface area (Å²) in [4.78, 5) is 4.01. The van der Waals surface area contributed by atoms with E-state index < -0.39 is 0 Å². The van der Waals surface area contributed by atoms with Crippen LogP contribution in [0.2, 0.25) is 0 Å². The van der Waals surface area contributed by atoms with E-state index in [1.54, 1.807) is 0 Å². The minimum Gasteiger partial charge on any atom is -0.238 e. The van der Waals surface area contributed by atoms with Crippen LogP contribution in [0.25, 0.3) is 49.5 Å². The molecule has 0 bridgehead atoms. The third-order valence-electron chi connectivity index (χ3n) is 7.83. The lowest BCUT2D eigenvalue weighted by atomic mass is 9.75. The molecule has 2 nitrogen and oxygen atoms in total. The predicted molar refractivity (Wildman–Crippen MR) is 152 cm³/mol. The number of aromatic nitrogens is 1. The monoisotopic (exact) mass is 477 g/mol. The first kappa shape index (κ1) is 23.0. The number of fused-ring (bicyclic) bond motifs is 3. The van der Waals surface area contributed by atoms with Crippen molar-refractivity contribution in [3.63, 3.8) is 0 Å². The third kappa shape index (κ3) is 3.51. The summed E-state index contributed by atoms with van der Waals surface area (Å²) in [5.41, 5.74) is 13.7. The van der Waals surface area contributed by atoms with Gasteiger partial charge in [-0.3, -0.25) is 0 Å². The van der Waals surface area contributed by atoms with Gasteiger partial charge in [0.2, 0.25) is 5.69 Å². The fraction of sp³-hybridized carbons (Fsp3) is 0.143.